The Bertz CT molecular complexity index is 395. The Labute approximate surface area is 117 Å². The first kappa shape index (κ1) is 13.1. The Morgan fingerprint density at radius 2 is 1.95 bits per heavy atom. The Balaban J connectivity index is 1.70. The lowest BCUT2D eigenvalue weighted by Gasteiger charge is -2.38. The Hall–Kier alpha value is -0.860. The van der Waals surface area contributed by atoms with Gasteiger partial charge in [-0.05, 0) is 43.8 Å². The first-order valence-electron chi connectivity index (χ1n) is 7.84. The van der Waals surface area contributed by atoms with E-state index in [1.807, 2.05) is 0 Å². The van der Waals surface area contributed by atoms with Gasteiger partial charge in [0.15, 0.2) is 0 Å². The molecular weight excluding hydrogens is 232 g/mol. The van der Waals surface area contributed by atoms with Gasteiger partial charge in [-0.25, -0.2) is 0 Å². The molecule has 2 aliphatic rings. The van der Waals surface area contributed by atoms with Crippen LogP contribution >= 0.6 is 0 Å². The molecule has 1 aliphatic carbocycles. The van der Waals surface area contributed by atoms with Crippen molar-refractivity contribution in [3.8, 4) is 0 Å². The molecule has 1 saturated heterocycles. The van der Waals surface area contributed by atoms with Crippen LogP contribution in [0.15, 0.2) is 30.3 Å². The zero-order valence-corrected chi connectivity index (χ0v) is 12.0. The molecule has 1 heterocycles. The molecule has 19 heavy (non-hydrogen) atoms. The largest absolute Gasteiger partial charge is 0.317 e. The van der Waals surface area contributed by atoms with Gasteiger partial charge in [-0.15, -0.1) is 0 Å². The van der Waals surface area contributed by atoms with E-state index in [1.54, 1.807) is 0 Å². The molecule has 2 heteroatoms. The highest BCUT2D eigenvalue weighted by Crippen LogP contribution is 2.37. The van der Waals surface area contributed by atoms with Gasteiger partial charge in [-0.2, -0.15) is 0 Å². The maximum Gasteiger partial charge on any atom is 0.0102 e. The van der Waals surface area contributed by atoms with E-state index in [2.05, 4.69) is 47.9 Å². The highest BCUT2D eigenvalue weighted by atomic mass is 15.0. The summed E-state index contributed by atoms with van der Waals surface area (Å²) in [6.45, 7) is 5.76. The van der Waals surface area contributed by atoms with Crippen LogP contribution in [0.4, 0.5) is 0 Å². The van der Waals surface area contributed by atoms with Crippen LogP contribution in [0, 0.1) is 5.92 Å². The molecule has 0 bridgehead atoms. The molecule has 1 aromatic rings. The zero-order chi connectivity index (χ0) is 13.1. The summed E-state index contributed by atoms with van der Waals surface area (Å²) in [6.07, 6.45) is 5.23. The van der Waals surface area contributed by atoms with Gasteiger partial charge in [0.2, 0.25) is 0 Å². The lowest BCUT2D eigenvalue weighted by atomic mass is 9.73. The standard InChI is InChI=1S/C17H26N2/c1-2-14-12-16(14)19-13-17(8-10-18-11-9-17)15-6-4-3-5-7-15/h3-7,14,16,18-19H,2,8-13H2,1H3. The van der Waals surface area contributed by atoms with Gasteiger partial charge in [0.1, 0.15) is 0 Å². The average Bonchev–Trinajstić information content (AvgIpc) is 3.26. The summed E-state index contributed by atoms with van der Waals surface area (Å²) < 4.78 is 0. The molecule has 0 radical (unpaired) electrons. The minimum Gasteiger partial charge on any atom is -0.317 e. The molecule has 104 valence electrons. The minimum absolute atomic E-state index is 0.355. The van der Waals surface area contributed by atoms with Crippen molar-refractivity contribution < 1.29 is 0 Å². The number of nitrogens with one attached hydrogen (secondary N) is 2. The summed E-state index contributed by atoms with van der Waals surface area (Å²) in [4.78, 5) is 0. The third-order valence-corrected chi connectivity index (χ3v) is 5.10. The van der Waals surface area contributed by atoms with E-state index in [4.69, 9.17) is 0 Å². The van der Waals surface area contributed by atoms with Gasteiger partial charge >= 0.3 is 0 Å². The molecule has 2 N–H and O–H groups in total. The molecule has 2 fully saturated rings. The number of hydrogen-bond acceptors (Lipinski definition) is 2. The van der Waals surface area contributed by atoms with Crippen LogP contribution in [0.25, 0.3) is 0 Å². The van der Waals surface area contributed by atoms with Crippen molar-refractivity contribution in [1.29, 1.82) is 0 Å². The number of hydrogen-bond donors (Lipinski definition) is 2. The van der Waals surface area contributed by atoms with Crippen LogP contribution in [0.2, 0.25) is 0 Å². The Kier molecular flexibility index (Phi) is 3.90. The van der Waals surface area contributed by atoms with E-state index in [-0.39, 0.29) is 0 Å². The quantitative estimate of drug-likeness (QED) is 0.848. The summed E-state index contributed by atoms with van der Waals surface area (Å²) in [5, 5.41) is 7.34. The van der Waals surface area contributed by atoms with Gasteiger partial charge in [0.25, 0.3) is 0 Å². The molecule has 1 aromatic carbocycles. The average molecular weight is 258 g/mol. The Morgan fingerprint density at radius 1 is 1.21 bits per heavy atom. The number of benzene rings is 1. The normalized spacial score (nSPS) is 29.1. The summed E-state index contributed by atoms with van der Waals surface area (Å²) in [5.74, 6) is 0.939. The van der Waals surface area contributed by atoms with Crippen LogP contribution in [-0.2, 0) is 5.41 Å². The highest BCUT2D eigenvalue weighted by Gasteiger charge is 2.39. The van der Waals surface area contributed by atoms with Crippen LogP contribution in [-0.4, -0.2) is 25.7 Å². The fourth-order valence-electron chi connectivity index (χ4n) is 3.54. The predicted octanol–water partition coefficient (Wildman–Crippen LogP) is 2.70. The summed E-state index contributed by atoms with van der Waals surface area (Å²) in [6, 6.07) is 11.9. The van der Waals surface area contributed by atoms with Gasteiger partial charge < -0.3 is 10.6 Å². The second kappa shape index (κ2) is 5.64. The summed E-state index contributed by atoms with van der Waals surface area (Å²) in [7, 11) is 0. The third-order valence-electron chi connectivity index (χ3n) is 5.10. The molecule has 2 nitrogen and oxygen atoms in total. The minimum atomic E-state index is 0.355. The van der Waals surface area contributed by atoms with Crippen molar-refractivity contribution in [2.24, 2.45) is 5.92 Å². The van der Waals surface area contributed by atoms with Crippen LogP contribution in [0.5, 0.6) is 0 Å². The van der Waals surface area contributed by atoms with Gasteiger partial charge in [0, 0.05) is 18.0 Å². The molecular formula is C17H26N2. The van der Waals surface area contributed by atoms with E-state index in [0.717, 1.165) is 31.6 Å². The lowest BCUT2D eigenvalue weighted by Crippen LogP contribution is -2.47. The topological polar surface area (TPSA) is 24.1 Å². The van der Waals surface area contributed by atoms with Crippen molar-refractivity contribution in [3.63, 3.8) is 0 Å². The van der Waals surface area contributed by atoms with Crippen molar-refractivity contribution in [2.45, 2.75) is 44.1 Å². The summed E-state index contributed by atoms with van der Waals surface area (Å²) in [5.41, 5.74) is 1.88. The zero-order valence-electron chi connectivity index (χ0n) is 12.0. The SMILES string of the molecule is CCC1CC1NCC1(c2ccccc2)CCNCC1. The number of piperidine rings is 1. The van der Waals surface area contributed by atoms with E-state index >= 15 is 0 Å². The van der Waals surface area contributed by atoms with E-state index in [9.17, 15) is 0 Å². The molecule has 0 amide bonds. The fraction of sp³-hybridized carbons (Fsp3) is 0.647. The molecule has 1 saturated carbocycles. The van der Waals surface area contributed by atoms with Gasteiger partial charge in [0.05, 0.1) is 0 Å². The van der Waals surface area contributed by atoms with Crippen molar-refractivity contribution in [1.82, 2.24) is 10.6 Å². The molecule has 0 spiro atoms. The molecule has 0 aromatic heterocycles. The van der Waals surface area contributed by atoms with Crippen molar-refractivity contribution >= 4 is 0 Å². The molecule has 1 aliphatic heterocycles. The second-order valence-corrected chi connectivity index (χ2v) is 6.29. The predicted molar refractivity (Wildman–Crippen MR) is 80.4 cm³/mol. The first-order chi connectivity index (χ1) is 9.34. The number of rotatable bonds is 5. The molecule has 3 rings (SSSR count). The smallest absolute Gasteiger partial charge is 0.0102 e. The summed E-state index contributed by atoms with van der Waals surface area (Å²) >= 11 is 0. The maximum atomic E-state index is 3.84. The monoisotopic (exact) mass is 258 g/mol. The van der Waals surface area contributed by atoms with Crippen molar-refractivity contribution in [3.05, 3.63) is 35.9 Å². The van der Waals surface area contributed by atoms with Gasteiger partial charge in [-0.1, -0.05) is 43.7 Å². The van der Waals surface area contributed by atoms with Crippen LogP contribution < -0.4 is 10.6 Å². The van der Waals surface area contributed by atoms with E-state index < -0.39 is 0 Å². The van der Waals surface area contributed by atoms with Crippen molar-refractivity contribution in [2.75, 3.05) is 19.6 Å². The maximum absolute atomic E-state index is 3.84. The highest BCUT2D eigenvalue weighted by molar-refractivity contribution is 5.27. The lowest BCUT2D eigenvalue weighted by molar-refractivity contribution is 0.291. The van der Waals surface area contributed by atoms with Crippen LogP contribution in [0.3, 0.4) is 0 Å². The van der Waals surface area contributed by atoms with E-state index in [1.165, 1.54) is 31.2 Å². The second-order valence-electron chi connectivity index (χ2n) is 6.29. The van der Waals surface area contributed by atoms with Gasteiger partial charge in [-0.3, -0.25) is 0 Å². The van der Waals surface area contributed by atoms with Crippen LogP contribution in [0.1, 0.15) is 38.2 Å². The molecule has 2 unspecified atom stereocenters. The van der Waals surface area contributed by atoms with E-state index in [0.29, 0.717) is 5.41 Å². The fourth-order valence-corrected chi connectivity index (χ4v) is 3.54. The first-order valence-corrected chi connectivity index (χ1v) is 7.84. The Morgan fingerprint density at radius 3 is 2.58 bits per heavy atom. The third kappa shape index (κ3) is 2.85. The molecule has 2 atom stereocenters.